The maximum atomic E-state index is 11.8. The van der Waals surface area contributed by atoms with E-state index in [4.69, 9.17) is 4.74 Å². The van der Waals surface area contributed by atoms with Gasteiger partial charge in [-0.25, -0.2) is 4.79 Å². The summed E-state index contributed by atoms with van der Waals surface area (Å²) in [7, 11) is 0. The van der Waals surface area contributed by atoms with Crippen molar-refractivity contribution in [3.8, 4) is 11.5 Å². The van der Waals surface area contributed by atoms with E-state index in [-0.39, 0.29) is 29.3 Å². The highest BCUT2D eigenvalue weighted by Gasteiger charge is 2.30. The molecule has 0 spiro atoms. The number of phenols is 2. The van der Waals surface area contributed by atoms with Gasteiger partial charge in [-0.05, 0) is 38.3 Å². The molecule has 0 amide bonds. The molecule has 0 bridgehead atoms. The lowest BCUT2D eigenvalue weighted by atomic mass is 9.94. The number of phenolic OH excluding ortho intramolecular Hbond substituents is 2. The standard InChI is InChI=1S/C14H18O5/c1-8(15)3-2-4-9-7-10-11(16)5-6-12(17)13(10)14(18)19-9/h5-6,8-9,15-17H,2-4,7H2,1H3/t8-,9+/m0/s1. The van der Waals surface area contributed by atoms with Crippen LogP contribution in [0.15, 0.2) is 12.1 Å². The lowest BCUT2D eigenvalue weighted by molar-refractivity contribution is 0.0217. The van der Waals surface area contributed by atoms with Crippen LogP contribution in [0.1, 0.15) is 42.1 Å². The minimum Gasteiger partial charge on any atom is -0.508 e. The first-order valence-corrected chi connectivity index (χ1v) is 6.42. The van der Waals surface area contributed by atoms with Crippen LogP contribution in [0.5, 0.6) is 11.5 Å². The number of hydrogen-bond donors (Lipinski definition) is 3. The van der Waals surface area contributed by atoms with Gasteiger partial charge in [-0.1, -0.05) is 0 Å². The van der Waals surface area contributed by atoms with Crippen molar-refractivity contribution in [1.29, 1.82) is 0 Å². The molecular weight excluding hydrogens is 248 g/mol. The Kier molecular flexibility index (Phi) is 3.95. The molecule has 5 heteroatoms. The minimum atomic E-state index is -0.600. The van der Waals surface area contributed by atoms with E-state index in [0.717, 1.165) is 6.42 Å². The average molecular weight is 266 g/mol. The molecule has 19 heavy (non-hydrogen) atoms. The van der Waals surface area contributed by atoms with E-state index in [9.17, 15) is 20.1 Å². The van der Waals surface area contributed by atoms with Crippen molar-refractivity contribution in [3.63, 3.8) is 0 Å². The van der Waals surface area contributed by atoms with Crippen molar-refractivity contribution in [2.24, 2.45) is 0 Å². The van der Waals surface area contributed by atoms with E-state index in [1.165, 1.54) is 12.1 Å². The van der Waals surface area contributed by atoms with Crippen LogP contribution in [-0.4, -0.2) is 33.5 Å². The monoisotopic (exact) mass is 266 g/mol. The highest BCUT2D eigenvalue weighted by Crippen LogP contribution is 2.35. The van der Waals surface area contributed by atoms with Crippen molar-refractivity contribution < 1.29 is 24.9 Å². The Labute approximate surface area is 111 Å². The van der Waals surface area contributed by atoms with Crippen LogP contribution in [0.3, 0.4) is 0 Å². The summed E-state index contributed by atoms with van der Waals surface area (Å²) in [5, 5.41) is 28.6. The Morgan fingerprint density at radius 2 is 2.05 bits per heavy atom. The molecule has 1 aliphatic heterocycles. The van der Waals surface area contributed by atoms with Crippen LogP contribution in [0, 0.1) is 0 Å². The number of aromatic hydroxyl groups is 2. The number of carbonyl (C=O) groups is 1. The number of rotatable bonds is 4. The molecule has 0 fully saturated rings. The zero-order valence-electron chi connectivity index (χ0n) is 10.8. The van der Waals surface area contributed by atoms with E-state index in [1.807, 2.05) is 0 Å². The van der Waals surface area contributed by atoms with Gasteiger partial charge in [-0.2, -0.15) is 0 Å². The Morgan fingerprint density at radius 1 is 1.37 bits per heavy atom. The van der Waals surface area contributed by atoms with Crippen molar-refractivity contribution in [2.75, 3.05) is 0 Å². The first-order valence-electron chi connectivity index (χ1n) is 6.42. The second-order valence-electron chi connectivity index (χ2n) is 4.97. The van der Waals surface area contributed by atoms with Crippen molar-refractivity contribution in [1.82, 2.24) is 0 Å². The predicted molar refractivity (Wildman–Crippen MR) is 68.2 cm³/mol. The van der Waals surface area contributed by atoms with Gasteiger partial charge in [0, 0.05) is 12.0 Å². The minimum absolute atomic E-state index is 0.00461. The summed E-state index contributed by atoms with van der Waals surface area (Å²) in [5.74, 6) is -0.762. The third-order valence-corrected chi connectivity index (χ3v) is 3.32. The highest BCUT2D eigenvalue weighted by atomic mass is 16.5. The summed E-state index contributed by atoms with van der Waals surface area (Å²) in [4.78, 5) is 11.8. The number of ether oxygens (including phenoxy) is 1. The highest BCUT2D eigenvalue weighted by molar-refractivity contribution is 5.96. The number of carbonyl (C=O) groups excluding carboxylic acids is 1. The Bertz CT molecular complexity index is 481. The van der Waals surface area contributed by atoms with Crippen LogP contribution in [0.2, 0.25) is 0 Å². The first-order chi connectivity index (χ1) is 8.99. The third-order valence-electron chi connectivity index (χ3n) is 3.32. The summed E-state index contributed by atoms with van der Waals surface area (Å²) < 4.78 is 5.24. The molecule has 0 saturated heterocycles. The summed E-state index contributed by atoms with van der Waals surface area (Å²) in [6.07, 6.45) is 1.72. The van der Waals surface area contributed by atoms with Crippen LogP contribution in [0.4, 0.5) is 0 Å². The van der Waals surface area contributed by atoms with Gasteiger partial charge in [0.15, 0.2) is 0 Å². The zero-order valence-corrected chi connectivity index (χ0v) is 10.8. The molecule has 5 nitrogen and oxygen atoms in total. The Hall–Kier alpha value is -1.75. The fourth-order valence-corrected chi connectivity index (χ4v) is 2.34. The molecule has 0 aliphatic carbocycles. The molecule has 1 heterocycles. The SMILES string of the molecule is C[C@H](O)CCC[C@@H]1Cc2c(O)ccc(O)c2C(=O)O1. The van der Waals surface area contributed by atoms with E-state index in [2.05, 4.69) is 0 Å². The summed E-state index contributed by atoms with van der Waals surface area (Å²) in [6, 6.07) is 2.66. The molecule has 1 aromatic carbocycles. The van der Waals surface area contributed by atoms with E-state index >= 15 is 0 Å². The second-order valence-corrected chi connectivity index (χ2v) is 4.97. The van der Waals surface area contributed by atoms with E-state index in [1.54, 1.807) is 6.92 Å². The molecule has 1 aromatic rings. The van der Waals surface area contributed by atoms with Crippen molar-refractivity contribution in [3.05, 3.63) is 23.3 Å². The van der Waals surface area contributed by atoms with Gasteiger partial charge in [0.1, 0.15) is 23.2 Å². The molecule has 104 valence electrons. The Morgan fingerprint density at radius 3 is 2.74 bits per heavy atom. The third kappa shape index (κ3) is 2.98. The number of aliphatic hydroxyl groups excluding tert-OH is 1. The number of esters is 1. The number of hydrogen-bond acceptors (Lipinski definition) is 5. The number of cyclic esters (lactones) is 1. The van der Waals surface area contributed by atoms with Gasteiger partial charge in [-0.3, -0.25) is 0 Å². The topological polar surface area (TPSA) is 87.0 Å². The molecule has 0 saturated carbocycles. The number of benzene rings is 1. The largest absolute Gasteiger partial charge is 0.508 e. The predicted octanol–water partition coefficient (Wildman–Crippen LogP) is 1.73. The van der Waals surface area contributed by atoms with Crippen LogP contribution in [-0.2, 0) is 11.2 Å². The average Bonchev–Trinajstić information content (AvgIpc) is 2.33. The first kappa shape index (κ1) is 13.7. The van der Waals surface area contributed by atoms with Gasteiger partial charge in [0.05, 0.1) is 6.10 Å². The Balaban J connectivity index is 2.11. The fraction of sp³-hybridized carbons (Fsp3) is 0.500. The molecular formula is C14H18O5. The van der Waals surface area contributed by atoms with Crippen LogP contribution in [0.25, 0.3) is 0 Å². The second kappa shape index (κ2) is 5.48. The van der Waals surface area contributed by atoms with Gasteiger partial charge in [0.2, 0.25) is 0 Å². The molecule has 3 N–H and O–H groups in total. The van der Waals surface area contributed by atoms with Crippen LogP contribution < -0.4 is 0 Å². The van der Waals surface area contributed by atoms with Gasteiger partial charge in [-0.15, -0.1) is 0 Å². The normalized spacial score (nSPS) is 19.7. The molecule has 0 unspecified atom stereocenters. The fourth-order valence-electron chi connectivity index (χ4n) is 2.34. The molecule has 0 aromatic heterocycles. The van der Waals surface area contributed by atoms with E-state index < -0.39 is 5.97 Å². The summed E-state index contributed by atoms with van der Waals surface area (Å²) >= 11 is 0. The van der Waals surface area contributed by atoms with Crippen molar-refractivity contribution in [2.45, 2.75) is 44.8 Å². The number of fused-ring (bicyclic) bond motifs is 1. The maximum Gasteiger partial charge on any atom is 0.342 e. The van der Waals surface area contributed by atoms with Gasteiger partial charge < -0.3 is 20.1 Å². The van der Waals surface area contributed by atoms with Crippen molar-refractivity contribution >= 4 is 5.97 Å². The summed E-state index contributed by atoms with van der Waals surface area (Å²) in [5.41, 5.74) is 0.505. The lowest BCUT2D eigenvalue weighted by Crippen LogP contribution is -2.28. The smallest absolute Gasteiger partial charge is 0.342 e. The number of aliphatic hydroxyl groups is 1. The van der Waals surface area contributed by atoms with Crippen LogP contribution >= 0.6 is 0 Å². The quantitative estimate of drug-likeness (QED) is 0.570. The summed E-state index contributed by atoms with van der Waals surface area (Å²) in [6.45, 7) is 1.71. The lowest BCUT2D eigenvalue weighted by Gasteiger charge is -2.25. The van der Waals surface area contributed by atoms with Gasteiger partial charge in [0.25, 0.3) is 0 Å². The van der Waals surface area contributed by atoms with Gasteiger partial charge >= 0.3 is 5.97 Å². The molecule has 2 atom stereocenters. The maximum absolute atomic E-state index is 11.8. The molecule has 2 rings (SSSR count). The molecule has 1 aliphatic rings. The van der Waals surface area contributed by atoms with E-state index in [0.29, 0.717) is 24.8 Å². The zero-order chi connectivity index (χ0) is 14.0. The molecule has 0 radical (unpaired) electrons.